The maximum absolute atomic E-state index is 13.0. The average molecular weight is 338 g/mol. The van der Waals surface area contributed by atoms with Gasteiger partial charge in [-0.3, -0.25) is 4.98 Å². The molecule has 2 atom stereocenters. The molecule has 3 aromatic rings. The highest BCUT2D eigenvalue weighted by atomic mass is 19.1. The summed E-state index contributed by atoms with van der Waals surface area (Å²) < 4.78 is 13.0. The molecule has 2 aromatic heterocycles. The van der Waals surface area contributed by atoms with E-state index in [9.17, 15) is 9.50 Å². The van der Waals surface area contributed by atoms with Gasteiger partial charge in [0.25, 0.3) is 0 Å². The SMILES string of the molecule is Cc1cc(NC(C)C(O)c2ccc(F)cc2)nc(-c2ccccn2)n1. The van der Waals surface area contributed by atoms with Gasteiger partial charge in [-0.2, -0.15) is 0 Å². The summed E-state index contributed by atoms with van der Waals surface area (Å²) >= 11 is 0. The number of hydrogen-bond donors (Lipinski definition) is 2. The number of aromatic nitrogens is 3. The van der Waals surface area contributed by atoms with E-state index in [2.05, 4.69) is 20.3 Å². The van der Waals surface area contributed by atoms with Crippen molar-refractivity contribution in [2.45, 2.75) is 26.0 Å². The van der Waals surface area contributed by atoms with E-state index in [1.165, 1.54) is 12.1 Å². The molecule has 25 heavy (non-hydrogen) atoms. The maximum atomic E-state index is 13.0. The molecule has 2 heterocycles. The van der Waals surface area contributed by atoms with Crippen molar-refractivity contribution in [2.24, 2.45) is 0 Å². The van der Waals surface area contributed by atoms with Gasteiger partial charge in [0, 0.05) is 18.0 Å². The molecule has 0 saturated heterocycles. The molecule has 0 spiro atoms. The number of benzene rings is 1. The Morgan fingerprint density at radius 2 is 1.84 bits per heavy atom. The molecule has 1 aromatic carbocycles. The number of aryl methyl sites for hydroxylation is 1. The van der Waals surface area contributed by atoms with Crippen molar-refractivity contribution >= 4 is 5.82 Å². The van der Waals surface area contributed by atoms with E-state index in [0.717, 1.165) is 5.69 Å². The van der Waals surface area contributed by atoms with Crippen LogP contribution in [-0.4, -0.2) is 26.1 Å². The number of aliphatic hydroxyl groups is 1. The van der Waals surface area contributed by atoms with E-state index < -0.39 is 6.10 Å². The summed E-state index contributed by atoms with van der Waals surface area (Å²) in [6, 6.07) is 12.8. The van der Waals surface area contributed by atoms with Gasteiger partial charge in [0.2, 0.25) is 0 Å². The second-order valence-electron chi connectivity index (χ2n) is 5.86. The lowest BCUT2D eigenvalue weighted by Gasteiger charge is -2.21. The fourth-order valence-corrected chi connectivity index (χ4v) is 2.51. The topological polar surface area (TPSA) is 70.9 Å². The molecule has 0 radical (unpaired) electrons. The van der Waals surface area contributed by atoms with Crippen LogP contribution in [0.5, 0.6) is 0 Å². The highest BCUT2D eigenvalue weighted by Crippen LogP contribution is 2.21. The van der Waals surface area contributed by atoms with Gasteiger partial charge in [0.15, 0.2) is 5.82 Å². The number of rotatable bonds is 5. The van der Waals surface area contributed by atoms with Crippen LogP contribution < -0.4 is 5.32 Å². The first-order chi connectivity index (χ1) is 12.0. The van der Waals surface area contributed by atoms with Crippen LogP contribution in [0.2, 0.25) is 0 Å². The third kappa shape index (κ3) is 4.16. The summed E-state index contributed by atoms with van der Waals surface area (Å²) in [7, 11) is 0. The van der Waals surface area contributed by atoms with Gasteiger partial charge in [-0.1, -0.05) is 18.2 Å². The molecule has 6 heteroatoms. The van der Waals surface area contributed by atoms with Gasteiger partial charge < -0.3 is 10.4 Å². The predicted molar refractivity (Wildman–Crippen MR) is 94.4 cm³/mol. The maximum Gasteiger partial charge on any atom is 0.180 e. The number of aliphatic hydroxyl groups excluding tert-OH is 1. The Kier molecular flexibility index (Phi) is 5.00. The van der Waals surface area contributed by atoms with Crippen molar-refractivity contribution in [1.29, 1.82) is 0 Å². The van der Waals surface area contributed by atoms with E-state index >= 15 is 0 Å². The first-order valence-corrected chi connectivity index (χ1v) is 8.00. The number of halogens is 1. The van der Waals surface area contributed by atoms with E-state index in [4.69, 9.17) is 0 Å². The Labute approximate surface area is 145 Å². The van der Waals surface area contributed by atoms with Crippen molar-refractivity contribution in [2.75, 3.05) is 5.32 Å². The second-order valence-corrected chi connectivity index (χ2v) is 5.86. The standard InChI is InChI=1S/C19H19FN4O/c1-12-11-17(24-19(22-12)16-5-3-4-10-21-16)23-13(2)18(25)14-6-8-15(20)9-7-14/h3-11,13,18,25H,1-2H3,(H,22,23,24). The summed E-state index contributed by atoms with van der Waals surface area (Å²) in [6.45, 7) is 3.71. The van der Waals surface area contributed by atoms with Crippen molar-refractivity contribution in [1.82, 2.24) is 15.0 Å². The van der Waals surface area contributed by atoms with Crippen LogP contribution in [0.4, 0.5) is 10.2 Å². The normalized spacial score (nSPS) is 13.3. The van der Waals surface area contributed by atoms with Crippen molar-refractivity contribution in [3.05, 3.63) is 71.8 Å². The zero-order chi connectivity index (χ0) is 17.8. The van der Waals surface area contributed by atoms with Crippen LogP contribution in [0.3, 0.4) is 0 Å². The number of hydrogen-bond acceptors (Lipinski definition) is 5. The predicted octanol–water partition coefficient (Wildman–Crippen LogP) is 3.52. The number of nitrogens with zero attached hydrogens (tertiary/aromatic N) is 3. The highest BCUT2D eigenvalue weighted by molar-refractivity contribution is 5.53. The van der Waals surface area contributed by atoms with Crippen LogP contribution >= 0.6 is 0 Å². The Hall–Kier alpha value is -2.86. The molecular formula is C19H19FN4O. The van der Waals surface area contributed by atoms with Crippen LogP contribution in [0.15, 0.2) is 54.7 Å². The van der Waals surface area contributed by atoms with Crippen LogP contribution in [0.25, 0.3) is 11.5 Å². The fraction of sp³-hybridized carbons (Fsp3) is 0.211. The van der Waals surface area contributed by atoms with E-state index in [-0.39, 0.29) is 11.9 Å². The molecule has 128 valence electrons. The quantitative estimate of drug-likeness (QED) is 0.745. The fourth-order valence-electron chi connectivity index (χ4n) is 2.51. The molecule has 0 fully saturated rings. The Bertz CT molecular complexity index is 840. The molecule has 0 aliphatic rings. The van der Waals surface area contributed by atoms with E-state index in [1.807, 2.05) is 32.0 Å². The average Bonchev–Trinajstić information content (AvgIpc) is 2.62. The molecule has 0 bridgehead atoms. The third-order valence-corrected chi connectivity index (χ3v) is 3.81. The lowest BCUT2D eigenvalue weighted by molar-refractivity contribution is 0.160. The Balaban J connectivity index is 1.80. The zero-order valence-electron chi connectivity index (χ0n) is 14.0. The smallest absolute Gasteiger partial charge is 0.180 e. The lowest BCUT2D eigenvalue weighted by Crippen LogP contribution is -2.25. The first-order valence-electron chi connectivity index (χ1n) is 8.00. The molecule has 0 saturated carbocycles. The third-order valence-electron chi connectivity index (χ3n) is 3.81. The van der Waals surface area contributed by atoms with E-state index in [0.29, 0.717) is 22.9 Å². The summed E-state index contributed by atoms with van der Waals surface area (Å²) in [4.78, 5) is 13.1. The minimum atomic E-state index is -0.797. The lowest BCUT2D eigenvalue weighted by atomic mass is 10.0. The van der Waals surface area contributed by atoms with Gasteiger partial charge in [-0.25, -0.2) is 14.4 Å². The Morgan fingerprint density at radius 1 is 1.08 bits per heavy atom. The highest BCUT2D eigenvalue weighted by Gasteiger charge is 2.17. The summed E-state index contributed by atoms with van der Waals surface area (Å²) in [5.41, 5.74) is 2.11. The molecule has 0 aliphatic heterocycles. The monoisotopic (exact) mass is 338 g/mol. The molecule has 5 nitrogen and oxygen atoms in total. The minimum Gasteiger partial charge on any atom is -0.386 e. The number of anilines is 1. The molecule has 3 rings (SSSR count). The molecule has 0 amide bonds. The minimum absolute atomic E-state index is 0.323. The second kappa shape index (κ2) is 7.36. The van der Waals surface area contributed by atoms with Gasteiger partial charge in [-0.15, -0.1) is 0 Å². The first kappa shape index (κ1) is 17.0. The number of pyridine rings is 1. The van der Waals surface area contributed by atoms with Crippen LogP contribution in [0.1, 0.15) is 24.3 Å². The van der Waals surface area contributed by atoms with Crippen LogP contribution in [-0.2, 0) is 0 Å². The summed E-state index contributed by atoms with van der Waals surface area (Å²) in [5, 5.41) is 13.6. The molecular weight excluding hydrogens is 319 g/mol. The molecule has 2 N–H and O–H groups in total. The van der Waals surface area contributed by atoms with Gasteiger partial charge in [0.05, 0.1) is 12.1 Å². The largest absolute Gasteiger partial charge is 0.386 e. The van der Waals surface area contributed by atoms with Crippen molar-refractivity contribution in [3.63, 3.8) is 0 Å². The zero-order valence-corrected chi connectivity index (χ0v) is 14.0. The summed E-state index contributed by atoms with van der Waals surface area (Å²) in [6.07, 6.45) is 0.892. The summed E-state index contributed by atoms with van der Waals surface area (Å²) in [5.74, 6) is 0.788. The van der Waals surface area contributed by atoms with Crippen molar-refractivity contribution < 1.29 is 9.50 Å². The van der Waals surface area contributed by atoms with Gasteiger partial charge in [0.1, 0.15) is 17.3 Å². The van der Waals surface area contributed by atoms with Crippen molar-refractivity contribution in [3.8, 4) is 11.5 Å². The molecule has 0 aliphatic carbocycles. The number of nitrogens with one attached hydrogen (secondary N) is 1. The van der Waals surface area contributed by atoms with E-state index in [1.54, 1.807) is 24.4 Å². The molecule has 2 unspecified atom stereocenters. The van der Waals surface area contributed by atoms with Gasteiger partial charge >= 0.3 is 0 Å². The van der Waals surface area contributed by atoms with Crippen LogP contribution in [0, 0.1) is 12.7 Å². The Morgan fingerprint density at radius 3 is 2.52 bits per heavy atom. The van der Waals surface area contributed by atoms with Gasteiger partial charge in [-0.05, 0) is 43.7 Å².